The first kappa shape index (κ1) is 13.0. The van der Waals surface area contributed by atoms with Gasteiger partial charge in [0.25, 0.3) is 0 Å². The molecular formula is C9H18N4O2S. The summed E-state index contributed by atoms with van der Waals surface area (Å²) in [5.74, 6) is 0.0572. The first-order valence-corrected chi connectivity index (χ1v) is 6.55. The summed E-state index contributed by atoms with van der Waals surface area (Å²) in [4.78, 5) is -0.000553. The molecule has 1 heterocycles. The average molecular weight is 246 g/mol. The molecule has 0 amide bonds. The van der Waals surface area contributed by atoms with Crippen LogP contribution in [0.25, 0.3) is 0 Å². The highest BCUT2D eigenvalue weighted by molar-refractivity contribution is 7.89. The molecule has 1 aromatic heterocycles. The first-order valence-electron chi connectivity index (χ1n) is 5.07. The zero-order chi connectivity index (χ0) is 12.4. The number of rotatable bonds is 5. The Kier molecular flexibility index (Phi) is 3.59. The van der Waals surface area contributed by atoms with E-state index in [9.17, 15) is 8.42 Å². The van der Waals surface area contributed by atoms with Crippen LogP contribution in [-0.2, 0) is 10.0 Å². The van der Waals surface area contributed by atoms with E-state index in [0.717, 1.165) is 6.42 Å². The van der Waals surface area contributed by atoms with Crippen LogP contribution in [0.1, 0.15) is 27.2 Å². The van der Waals surface area contributed by atoms with Crippen LogP contribution in [0, 0.1) is 5.41 Å². The number of hydrogen-bond donors (Lipinski definition) is 3. The zero-order valence-corrected chi connectivity index (χ0v) is 10.6. The lowest BCUT2D eigenvalue weighted by molar-refractivity contribution is 0.350. The third-order valence-corrected chi connectivity index (χ3v) is 4.05. The van der Waals surface area contributed by atoms with E-state index >= 15 is 0 Å². The van der Waals surface area contributed by atoms with Gasteiger partial charge in [0.1, 0.15) is 10.7 Å². The van der Waals surface area contributed by atoms with Gasteiger partial charge in [0.15, 0.2) is 0 Å². The molecule has 1 rings (SSSR count). The van der Waals surface area contributed by atoms with Gasteiger partial charge in [0, 0.05) is 6.54 Å². The third kappa shape index (κ3) is 2.96. The molecule has 0 bridgehead atoms. The topological polar surface area (TPSA) is 101 Å². The van der Waals surface area contributed by atoms with Crippen LogP contribution < -0.4 is 10.5 Å². The van der Waals surface area contributed by atoms with Gasteiger partial charge in [-0.15, -0.1) is 0 Å². The maximum Gasteiger partial charge on any atom is 0.245 e. The molecule has 16 heavy (non-hydrogen) atoms. The summed E-state index contributed by atoms with van der Waals surface area (Å²) >= 11 is 0. The van der Waals surface area contributed by atoms with E-state index in [0.29, 0.717) is 6.54 Å². The van der Waals surface area contributed by atoms with Crippen LogP contribution in [0.4, 0.5) is 5.82 Å². The molecule has 0 aliphatic rings. The maximum absolute atomic E-state index is 11.8. The van der Waals surface area contributed by atoms with E-state index in [4.69, 9.17) is 5.73 Å². The van der Waals surface area contributed by atoms with Crippen LogP contribution in [0.2, 0.25) is 0 Å². The number of nitrogens with zero attached hydrogens (tertiary/aromatic N) is 1. The lowest BCUT2D eigenvalue weighted by Gasteiger charge is -2.22. The molecular weight excluding hydrogens is 228 g/mol. The van der Waals surface area contributed by atoms with Crippen molar-refractivity contribution in [2.45, 2.75) is 32.1 Å². The summed E-state index contributed by atoms with van der Waals surface area (Å²) < 4.78 is 26.2. The Balaban J connectivity index is 2.79. The van der Waals surface area contributed by atoms with Gasteiger partial charge in [-0.2, -0.15) is 5.10 Å². The Morgan fingerprint density at radius 1 is 1.56 bits per heavy atom. The molecule has 0 unspecified atom stereocenters. The highest BCUT2D eigenvalue weighted by Gasteiger charge is 2.23. The minimum absolute atomic E-state index is 0.000553. The number of nitrogens with two attached hydrogens (primary N) is 1. The van der Waals surface area contributed by atoms with E-state index in [1.807, 2.05) is 20.8 Å². The molecule has 0 fully saturated rings. The van der Waals surface area contributed by atoms with Gasteiger partial charge in [-0.05, 0) is 11.8 Å². The molecule has 0 aromatic carbocycles. The molecule has 0 spiro atoms. The summed E-state index contributed by atoms with van der Waals surface area (Å²) in [6.07, 6.45) is 2.09. The van der Waals surface area contributed by atoms with Crippen molar-refractivity contribution in [1.29, 1.82) is 0 Å². The van der Waals surface area contributed by atoms with Crippen molar-refractivity contribution in [3.8, 4) is 0 Å². The average Bonchev–Trinajstić information content (AvgIpc) is 2.63. The summed E-state index contributed by atoms with van der Waals surface area (Å²) in [6, 6.07) is 0. The minimum Gasteiger partial charge on any atom is -0.383 e. The molecule has 7 heteroatoms. The Morgan fingerprint density at radius 2 is 2.19 bits per heavy atom. The number of nitrogens with one attached hydrogen (secondary N) is 2. The summed E-state index contributed by atoms with van der Waals surface area (Å²) in [5, 5.41) is 5.98. The monoisotopic (exact) mass is 246 g/mol. The SMILES string of the molecule is CCC(C)(C)CNS(=O)(=O)c1cn[nH]c1N. The van der Waals surface area contributed by atoms with Gasteiger partial charge in [-0.25, -0.2) is 13.1 Å². The van der Waals surface area contributed by atoms with E-state index in [2.05, 4.69) is 14.9 Å². The molecule has 0 radical (unpaired) electrons. The summed E-state index contributed by atoms with van der Waals surface area (Å²) in [6.45, 7) is 6.37. The van der Waals surface area contributed by atoms with E-state index in [-0.39, 0.29) is 16.1 Å². The third-order valence-electron chi connectivity index (χ3n) is 2.62. The summed E-state index contributed by atoms with van der Waals surface area (Å²) in [7, 11) is -3.56. The second-order valence-electron chi connectivity index (χ2n) is 4.49. The van der Waals surface area contributed by atoms with Crippen molar-refractivity contribution in [1.82, 2.24) is 14.9 Å². The smallest absolute Gasteiger partial charge is 0.245 e. The fourth-order valence-corrected chi connectivity index (χ4v) is 2.26. The van der Waals surface area contributed by atoms with E-state index < -0.39 is 10.0 Å². The van der Waals surface area contributed by atoms with Crippen LogP contribution in [0.15, 0.2) is 11.1 Å². The van der Waals surface area contributed by atoms with E-state index in [1.165, 1.54) is 6.20 Å². The number of aromatic amines is 1. The van der Waals surface area contributed by atoms with Gasteiger partial charge >= 0.3 is 0 Å². The number of aromatic nitrogens is 2. The predicted molar refractivity (Wildman–Crippen MR) is 62.3 cm³/mol. The maximum atomic E-state index is 11.8. The molecule has 1 aromatic rings. The van der Waals surface area contributed by atoms with Crippen molar-refractivity contribution < 1.29 is 8.42 Å². The van der Waals surface area contributed by atoms with Gasteiger partial charge in [-0.1, -0.05) is 20.8 Å². The van der Waals surface area contributed by atoms with Gasteiger partial charge in [0.2, 0.25) is 10.0 Å². The Morgan fingerprint density at radius 3 is 2.62 bits per heavy atom. The van der Waals surface area contributed by atoms with Gasteiger partial charge in [0.05, 0.1) is 6.20 Å². The van der Waals surface area contributed by atoms with Crippen molar-refractivity contribution >= 4 is 15.8 Å². The Hall–Kier alpha value is -1.08. The number of nitrogen functional groups attached to an aromatic ring is 1. The van der Waals surface area contributed by atoms with Crippen LogP contribution in [0.5, 0.6) is 0 Å². The van der Waals surface area contributed by atoms with Crippen molar-refractivity contribution in [3.05, 3.63) is 6.20 Å². The molecule has 0 atom stereocenters. The van der Waals surface area contributed by atoms with Crippen molar-refractivity contribution in [2.75, 3.05) is 12.3 Å². The van der Waals surface area contributed by atoms with Crippen LogP contribution in [0.3, 0.4) is 0 Å². The van der Waals surface area contributed by atoms with E-state index in [1.54, 1.807) is 0 Å². The minimum atomic E-state index is -3.56. The standard InChI is InChI=1S/C9H18N4O2S/c1-4-9(2,3)6-12-16(14,15)7-5-11-13-8(7)10/h5,12H,4,6H2,1-3H3,(H3,10,11,13). The number of hydrogen-bond acceptors (Lipinski definition) is 4. The normalized spacial score (nSPS) is 12.9. The highest BCUT2D eigenvalue weighted by atomic mass is 32.2. The van der Waals surface area contributed by atoms with Crippen molar-refractivity contribution in [2.24, 2.45) is 5.41 Å². The number of sulfonamides is 1. The Labute approximate surface area is 95.7 Å². The first-order chi connectivity index (χ1) is 7.28. The van der Waals surface area contributed by atoms with Crippen LogP contribution in [-0.4, -0.2) is 25.2 Å². The quantitative estimate of drug-likeness (QED) is 0.712. The molecule has 4 N–H and O–H groups in total. The molecule has 0 aliphatic carbocycles. The highest BCUT2D eigenvalue weighted by Crippen LogP contribution is 2.20. The fourth-order valence-electron chi connectivity index (χ4n) is 0.992. The van der Waals surface area contributed by atoms with Crippen LogP contribution >= 0.6 is 0 Å². The molecule has 0 aliphatic heterocycles. The number of H-pyrrole nitrogens is 1. The van der Waals surface area contributed by atoms with Crippen molar-refractivity contribution in [3.63, 3.8) is 0 Å². The molecule has 6 nitrogen and oxygen atoms in total. The van der Waals surface area contributed by atoms with Gasteiger partial charge in [-0.3, -0.25) is 5.10 Å². The lowest BCUT2D eigenvalue weighted by Crippen LogP contribution is -2.33. The largest absolute Gasteiger partial charge is 0.383 e. The second-order valence-corrected chi connectivity index (χ2v) is 6.23. The zero-order valence-electron chi connectivity index (χ0n) is 9.74. The fraction of sp³-hybridized carbons (Fsp3) is 0.667. The second kappa shape index (κ2) is 4.42. The molecule has 0 saturated carbocycles. The lowest BCUT2D eigenvalue weighted by atomic mass is 9.91. The summed E-state index contributed by atoms with van der Waals surface area (Å²) in [5.41, 5.74) is 5.38. The predicted octanol–water partition coefficient (Wildman–Crippen LogP) is 0.706. The number of anilines is 1. The van der Waals surface area contributed by atoms with Gasteiger partial charge < -0.3 is 5.73 Å². The Bertz CT molecular complexity index is 450. The molecule has 0 saturated heterocycles. The molecule has 92 valence electrons.